The minimum absolute atomic E-state index is 0.246. The van der Waals surface area contributed by atoms with Gasteiger partial charge in [-0.2, -0.15) is 0 Å². The largest absolute Gasteiger partial charge is 0.387 e. The minimum Gasteiger partial charge on any atom is -0.387 e. The second kappa shape index (κ2) is 6.43. The lowest BCUT2D eigenvalue weighted by Gasteiger charge is -2.32. The van der Waals surface area contributed by atoms with E-state index in [-0.39, 0.29) is 6.10 Å². The molecule has 0 bridgehead atoms. The topological polar surface area (TPSA) is 50.7 Å². The van der Waals surface area contributed by atoms with E-state index < -0.39 is 5.60 Å². The molecule has 0 amide bonds. The monoisotopic (exact) mass is 217 g/mol. The second-order valence-corrected chi connectivity index (χ2v) is 4.45. The Hall–Kier alpha value is -0.160. The first-order valence-electron chi connectivity index (χ1n) is 5.75. The average molecular weight is 217 g/mol. The van der Waals surface area contributed by atoms with Gasteiger partial charge in [-0.15, -0.1) is 0 Å². The molecule has 0 unspecified atom stereocenters. The molecule has 0 aliphatic carbocycles. The molecule has 4 heteroatoms. The van der Waals surface area contributed by atoms with Gasteiger partial charge in [-0.1, -0.05) is 0 Å². The molecule has 0 radical (unpaired) electrons. The van der Waals surface area contributed by atoms with Gasteiger partial charge in [-0.25, -0.2) is 0 Å². The molecule has 1 rings (SSSR count). The number of nitrogens with one attached hydrogen (secondary N) is 1. The van der Waals surface area contributed by atoms with Crippen LogP contribution in [0.2, 0.25) is 0 Å². The van der Waals surface area contributed by atoms with Crippen LogP contribution in [0.4, 0.5) is 0 Å². The van der Waals surface area contributed by atoms with Gasteiger partial charge in [0.05, 0.1) is 31.5 Å². The molecule has 1 heterocycles. The maximum absolute atomic E-state index is 10.1. The normalized spacial score (nSPS) is 20.8. The molecule has 15 heavy (non-hydrogen) atoms. The van der Waals surface area contributed by atoms with E-state index in [0.29, 0.717) is 19.8 Å². The summed E-state index contributed by atoms with van der Waals surface area (Å²) in [5, 5.41) is 13.3. The van der Waals surface area contributed by atoms with Crippen LogP contribution in [0.5, 0.6) is 0 Å². The van der Waals surface area contributed by atoms with Crippen LogP contribution in [0.15, 0.2) is 0 Å². The molecule has 0 aromatic carbocycles. The molecule has 1 aliphatic heterocycles. The number of piperidine rings is 1. The standard InChI is InChI=1S/C11H23NO3/c1-10(2)15-8-7-14-9-11(13)3-5-12-6-4-11/h10,12-13H,3-9H2,1-2H3. The van der Waals surface area contributed by atoms with Gasteiger partial charge in [-0.3, -0.25) is 0 Å². The maximum atomic E-state index is 10.1. The van der Waals surface area contributed by atoms with Crippen molar-refractivity contribution in [1.82, 2.24) is 5.32 Å². The van der Waals surface area contributed by atoms with Crippen molar-refractivity contribution in [3.05, 3.63) is 0 Å². The predicted octanol–water partition coefficient (Wildman–Crippen LogP) is 0.542. The number of aliphatic hydroxyl groups is 1. The molecule has 0 spiro atoms. The van der Waals surface area contributed by atoms with Gasteiger partial charge >= 0.3 is 0 Å². The van der Waals surface area contributed by atoms with Gasteiger partial charge in [0.25, 0.3) is 0 Å². The van der Waals surface area contributed by atoms with Crippen molar-refractivity contribution in [2.45, 2.75) is 38.4 Å². The molecule has 2 N–H and O–H groups in total. The summed E-state index contributed by atoms with van der Waals surface area (Å²) < 4.78 is 10.8. The summed E-state index contributed by atoms with van der Waals surface area (Å²) in [6, 6.07) is 0. The summed E-state index contributed by atoms with van der Waals surface area (Å²) >= 11 is 0. The second-order valence-electron chi connectivity index (χ2n) is 4.45. The zero-order chi connectivity index (χ0) is 11.1. The zero-order valence-corrected chi connectivity index (χ0v) is 9.79. The number of rotatable bonds is 6. The smallest absolute Gasteiger partial charge is 0.0904 e. The third kappa shape index (κ3) is 5.47. The Kier molecular flexibility index (Phi) is 5.53. The van der Waals surface area contributed by atoms with Gasteiger partial charge in [0.2, 0.25) is 0 Å². The molecule has 0 aromatic heterocycles. The Morgan fingerprint density at radius 3 is 2.53 bits per heavy atom. The van der Waals surface area contributed by atoms with Crippen molar-refractivity contribution in [2.75, 3.05) is 32.9 Å². The summed E-state index contributed by atoms with van der Waals surface area (Å²) in [5.74, 6) is 0. The zero-order valence-electron chi connectivity index (χ0n) is 9.79. The van der Waals surface area contributed by atoms with Crippen molar-refractivity contribution in [2.24, 2.45) is 0 Å². The summed E-state index contributed by atoms with van der Waals surface area (Å²) in [6.45, 7) is 7.35. The van der Waals surface area contributed by atoms with Crippen LogP contribution < -0.4 is 5.32 Å². The summed E-state index contributed by atoms with van der Waals surface area (Å²) in [5.41, 5.74) is -0.622. The first-order valence-corrected chi connectivity index (χ1v) is 5.75. The van der Waals surface area contributed by atoms with Crippen LogP contribution >= 0.6 is 0 Å². The van der Waals surface area contributed by atoms with Crippen LogP contribution in [0.1, 0.15) is 26.7 Å². The van der Waals surface area contributed by atoms with Gasteiger partial charge < -0.3 is 19.9 Å². The van der Waals surface area contributed by atoms with Gasteiger partial charge in [0.15, 0.2) is 0 Å². The van der Waals surface area contributed by atoms with Crippen molar-refractivity contribution in [3.8, 4) is 0 Å². The fraction of sp³-hybridized carbons (Fsp3) is 1.00. The molecular formula is C11H23NO3. The molecule has 1 fully saturated rings. The van der Waals surface area contributed by atoms with Crippen molar-refractivity contribution >= 4 is 0 Å². The Bertz CT molecular complexity index is 167. The van der Waals surface area contributed by atoms with Crippen LogP contribution in [0, 0.1) is 0 Å². The SMILES string of the molecule is CC(C)OCCOCC1(O)CCNCC1. The fourth-order valence-electron chi connectivity index (χ4n) is 1.64. The Morgan fingerprint density at radius 2 is 1.93 bits per heavy atom. The first kappa shape index (κ1) is 12.9. The van der Waals surface area contributed by atoms with Crippen molar-refractivity contribution in [1.29, 1.82) is 0 Å². The summed E-state index contributed by atoms with van der Waals surface area (Å²) in [4.78, 5) is 0. The quantitative estimate of drug-likeness (QED) is 0.638. The lowest BCUT2D eigenvalue weighted by atomic mass is 9.94. The van der Waals surface area contributed by atoms with Crippen LogP contribution in [0.3, 0.4) is 0 Å². The van der Waals surface area contributed by atoms with Crippen molar-refractivity contribution < 1.29 is 14.6 Å². The summed E-state index contributed by atoms with van der Waals surface area (Å²) in [6.07, 6.45) is 1.80. The van der Waals surface area contributed by atoms with Crippen LogP contribution in [-0.2, 0) is 9.47 Å². The average Bonchev–Trinajstić information content (AvgIpc) is 2.17. The Balaban J connectivity index is 2.03. The van der Waals surface area contributed by atoms with E-state index in [2.05, 4.69) is 5.32 Å². The molecule has 1 saturated heterocycles. The molecule has 0 saturated carbocycles. The Morgan fingerprint density at radius 1 is 1.27 bits per heavy atom. The molecule has 0 aromatic rings. The van der Waals surface area contributed by atoms with Crippen molar-refractivity contribution in [3.63, 3.8) is 0 Å². The van der Waals surface area contributed by atoms with E-state index >= 15 is 0 Å². The van der Waals surface area contributed by atoms with Gasteiger partial charge in [0, 0.05) is 0 Å². The van der Waals surface area contributed by atoms with Gasteiger partial charge in [0.1, 0.15) is 0 Å². The minimum atomic E-state index is -0.622. The summed E-state index contributed by atoms with van der Waals surface area (Å²) in [7, 11) is 0. The highest BCUT2D eigenvalue weighted by Crippen LogP contribution is 2.17. The lowest BCUT2D eigenvalue weighted by molar-refractivity contribution is -0.0767. The van der Waals surface area contributed by atoms with E-state index in [0.717, 1.165) is 25.9 Å². The number of ether oxygens (including phenoxy) is 2. The fourth-order valence-corrected chi connectivity index (χ4v) is 1.64. The van der Waals surface area contributed by atoms with E-state index in [4.69, 9.17) is 9.47 Å². The van der Waals surface area contributed by atoms with Crippen LogP contribution in [0.25, 0.3) is 0 Å². The molecule has 0 atom stereocenters. The van der Waals surface area contributed by atoms with E-state index in [1.165, 1.54) is 0 Å². The third-order valence-electron chi connectivity index (χ3n) is 2.58. The van der Waals surface area contributed by atoms with E-state index in [9.17, 15) is 5.11 Å². The molecule has 90 valence electrons. The third-order valence-corrected chi connectivity index (χ3v) is 2.58. The highest BCUT2D eigenvalue weighted by molar-refractivity contribution is 4.83. The highest BCUT2D eigenvalue weighted by atomic mass is 16.5. The first-order chi connectivity index (χ1) is 7.12. The number of hydrogen-bond acceptors (Lipinski definition) is 4. The van der Waals surface area contributed by atoms with E-state index in [1.807, 2.05) is 13.8 Å². The van der Waals surface area contributed by atoms with E-state index in [1.54, 1.807) is 0 Å². The highest BCUT2D eigenvalue weighted by Gasteiger charge is 2.28. The maximum Gasteiger partial charge on any atom is 0.0904 e. The molecular weight excluding hydrogens is 194 g/mol. The Labute approximate surface area is 92.0 Å². The molecule has 1 aliphatic rings. The lowest BCUT2D eigenvalue weighted by Crippen LogP contribution is -2.45. The molecule has 4 nitrogen and oxygen atoms in total. The number of hydrogen-bond donors (Lipinski definition) is 2. The predicted molar refractivity (Wildman–Crippen MR) is 59.0 cm³/mol. The van der Waals surface area contributed by atoms with Crippen LogP contribution in [-0.4, -0.2) is 49.7 Å². The van der Waals surface area contributed by atoms with Gasteiger partial charge in [-0.05, 0) is 39.8 Å².